The lowest BCUT2D eigenvalue weighted by Crippen LogP contribution is -2.04. The van der Waals surface area contributed by atoms with E-state index in [4.69, 9.17) is 9.72 Å². The third kappa shape index (κ3) is 3.91. The van der Waals surface area contributed by atoms with Crippen LogP contribution in [0.2, 0.25) is 0 Å². The Morgan fingerprint density at radius 1 is 1.06 bits per heavy atom. The smallest absolute Gasteiger partial charge is 0.163 e. The maximum absolute atomic E-state index is 14.5. The summed E-state index contributed by atoms with van der Waals surface area (Å²) in [6.45, 7) is 0.575. The molecule has 5 rings (SSSR count). The monoisotopic (exact) mass is 418 g/mol. The number of aromatic nitrogens is 3. The Labute approximate surface area is 178 Å². The Morgan fingerprint density at radius 2 is 1.94 bits per heavy atom. The molecule has 1 aliphatic carbocycles. The lowest BCUT2D eigenvalue weighted by Gasteiger charge is -2.15. The molecule has 7 heteroatoms. The van der Waals surface area contributed by atoms with Gasteiger partial charge < -0.3 is 10.1 Å². The summed E-state index contributed by atoms with van der Waals surface area (Å²) in [5.74, 6) is 0.933. The molecule has 1 saturated carbocycles. The van der Waals surface area contributed by atoms with Crippen LogP contribution in [-0.2, 0) is 0 Å². The predicted molar refractivity (Wildman–Crippen MR) is 116 cm³/mol. The van der Waals surface area contributed by atoms with Gasteiger partial charge in [0.15, 0.2) is 5.82 Å². The van der Waals surface area contributed by atoms with Crippen molar-refractivity contribution in [3.8, 4) is 28.3 Å². The fourth-order valence-corrected chi connectivity index (χ4v) is 3.50. The molecule has 2 aromatic carbocycles. The highest BCUT2D eigenvalue weighted by Gasteiger charge is 2.23. The molecule has 0 bridgehead atoms. The number of pyridine rings is 1. The van der Waals surface area contributed by atoms with Gasteiger partial charge in [-0.05, 0) is 60.7 Å². The second-order valence-electron chi connectivity index (χ2n) is 7.64. The standard InChI is InChI=1S/C24H20F2N4O/c1-27-24-19-9-16(18-7-6-17(25)11-20(18)26)10-21(31-13-14-4-5-14)22(19)29-23(30-24)15-3-2-8-28-12-15/h2-3,6-12,14H,4-5,13H2,1H3,(H,27,29,30). The highest BCUT2D eigenvalue weighted by molar-refractivity contribution is 5.97. The van der Waals surface area contributed by atoms with Crippen LogP contribution in [0.25, 0.3) is 33.4 Å². The Balaban J connectivity index is 1.72. The van der Waals surface area contributed by atoms with Gasteiger partial charge in [0.2, 0.25) is 0 Å². The van der Waals surface area contributed by atoms with E-state index in [2.05, 4.69) is 15.3 Å². The van der Waals surface area contributed by atoms with E-state index in [1.807, 2.05) is 12.1 Å². The summed E-state index contributed by atoms with van der Waals surface area (Å²) in [6, 6.07) is 10.8. The number of halogens is 2. The van der Waals surface area contributed by atoms with Crippen LogP contribution in [0.3, 0.4) is 0 Å². The van der Waals surface area contributed by atoms with Gasteiger partial charge in [-0.3, -0.25) is 4.98 Å². The van der Waals surface area contributed by atoms with Gasteiger partial charge in [-0.2, -0.15) is 0 Å². The minimum absolute atomic E-state index is 0.290. The summed E-state index contributed by atoms with van der Waals surface area (Å²) >= 11 is 0. The number of anilines is 1. The molecule has 0 saturated heterocycles. The van der Waals surface area contributed by atoms with Crippen LogP contribution >= 0.6 is 0 Å². The zero-order chi connectivity index (χ0) is 21.4. The summed E-state index contributed by atoms with van der Waals surface area (Å²) in [4.78, 5) is 13.5. The van der Waals surface area contributed by atoms with Crippen molar-refractivity contribution < 1.29 is 13.5 Å². The number of ether oxygens (including phenoxy) is 1. The Morgan fingerprint density at radius 3 is 2.65 bits per heavy atom. The minimum Gasteiger partial charge on any atom is -0.491 e. The quantitative estimate of drug-likeness (QED) is 0.450. The first-order chi connectivity index (χ1) is 15.1. The van der Waals surface area contributed by atoms with E-state index in [0.29, 0.717) is 46.4 Å². The van der Waals surface area contributed by atoms with Crippen LogP contribution in [0.4, 0.5) is 14.6 Å². The van der Waals surface area contributed by atoms with E-state index in [0.717, 1.165) is 24.5 Å². The Bertz CT molecular complexity index is 1260. The van der Waals surface area contributed by atoms with Crippen LogP contribution in [-0.4, -0.2) is 28.6 Å². The molecule has 2 aromatic heterocycles. The van der Waals surface area contributed by atoms with Crippen molar-refractivity contribution in [2.45, 2.75) is 12.8 Å². The molecule has 4 aromatic rings. The zero-order valence-electron chi connectivity index (χ0n) is 16.9. The van der Waals surface area contributed by atoms with Crippen molar-refractivity contribution >= 4 is 16.7 Å². The van der Waals surface area contributed by atoms with E-state index in [1.165, 1.54) is 12.1 Å². The van der Waals surface area contributed by atoms with Crippen LogP contribution in [0.15, 0.2) is 54.9 Å². The third-order valence-electron chi connectivity index (χ3n) is 5.34. The van der Waals surface area contributed by atoms with Crippen molar-refractivity contribution in [1.29, 1.82) is 0 Å². The van der Waals surface area contributed by atoms with Crippen LogP contribution < -0.4 is 10.1 Å². The van der Waals surface area contributed by atoms with Crippen molar-refractivity contribution in [1.82, 2.24) is 15.0 Å². The summed E-state index contributed by atoms with van der Waals surface area (Å²) in [6.07, 6.45) is 5.68. The zero-order valence-corrected chi connectivity index (χ0v) is 16.9. The van der Waals surface area contributed by atoms with Gasteiger partial charge in [-0.1, -0.05) is 0 Å². The third-order valence-corrected chi connectivity index (χ3v) is 5.34. The van der Waals surface area contributed by atoms with E-state index in [9.17, 15) is 8.78 Å². The van der Waals surface area contributed by atoms with Crippen molar-refractivity contribution in [3.05, 3.63) is 66.5 Å². The van der Waals surface area contributed by atoms with Gasteiger partial charge in [-0.25, -0.2) is 18.7 Å². The summed E-state index contributed by atoms with van der Waals surface area (Å²) in [5, 5.41) is 3.80. The lowest BCUT2D eigenvalue weighted by atomic mass is 10.0. The first-order valence-corrected chi connectivity index (χ1v) is 10.1. The SMILES string of the molecule is CNc1nc(-c2cccnc2)nc2c(OCC3CC3)cc(-c3ccc(F)cc3F)cc12. The first-order valence-electron chi connectivity index (χ1n) is 10.1. The first kappa shape index (κ1) is 19.4. The second kappa shape index (κ2) is 7.91. The molecule has 31 heavy (non-hydrogen) atoms. The lowest BCUT2D eigenvalue weighted by molar-refractivity contribution is 0.303. The molecule has 5 nitrogen and oxygen atoms in total. The molecule has 156 valence electrons. The van der Waals surface area contributed by atoms with Gasteiger partial charge in [-0.15, -0.1) is 0 Å². The molecule has 0 aliphatic heterocycles. The molecule has 0 radical (unpaired) electrons. The number of benzene rings is 2. The van der Waals surface area contributed by atoms with Gasteiger partial charge in [0.05, 0.1) is 6.61 Å². The van der Waals surface area contributed by atoms with Crippen LogP contribution in [0.5, 0.6) is 5.75 Å². The molecule has 0 unspecified atom stereocenters. The summed E-state index contributed by atoms with van der Waals surface area (Å²) < 4.78 is 34.1. The number of rotatable bonds is 6. The largest absolute Gasteiger partial charge is 0.491 e. The number of fused-ring (bicyclic) bond motifs is 1. The van der Waals surface area contributed by atoms with E-state index in [-0.39, 0.29) is 5.56 Å². The molecule has 2 heterocycles. The highest BCUT2D eigenvalue weighted by Crippen LogP contribution is 2.38. The average Bonchev–Trinajstić information content (AvgIpc) is 3.62. The number of nitrogens with one attached hydrogen (secondary N) is 1. The predicted octanol–water partition coefficient (Wildman–Crippen LogP) is 5.47. The van der Waals surface area contributed by atoms with Crippen LogP contribution in [0, 0.1) is 17.6 Å². The van der Waals surface area contributed by atoms with Gasteiger partial charge in [0.1, 0.15) is 28.7 Å². The van der Waals surface area contributed by atoms with E-state index in [1.54, 1.807) is 31.6 Å². The number of nitrogens with zero attached hydrogens (tertiary/aromatic N) is 3. The van der Waals surface area contributed by atoms with Gasteiger partial charge >= 0.3 is 0 Å². The fourth-order valence-electron chi connectivity index (χ4n) is 3.50. The summed E-state index contributed by atoms with van der Waals surface area (Å²) in [7, 11) is 1.77. The van der Waals surface area contributed by atoms with Crippen molar-refractivity contribution in [2.75, 3.05) is 19.0 Å². The number of hydrogen-bond donors (Lipinski definition) is 1. The normalized spacial score (nSPS) is 13.4. The van der Waals surface area contributed by atoms with Crippen molar-refractivity contribution in [3.63, 3.8) is 0 Å². The van der Waals surface area contributed by atoms with Gasteiger partial charge in [0.25, 0.3) is 0 Å². The summed E-state index contributed by atoms with van der Waals surface area (Å²) in [5.41, 5.74) is 2.27. The maximum atomic E-state index is 14.5. The minimum atomic E-state index is -0.633. The van der Waals surface area contributed by atoms with Crippen molar-refractivity contribution in [2.24, 2.45) is 5.92 Å². The molecule has 1 aliphatic rings. The fraction of sp³-hybridized carbons (Fsp3) is 0.208. The molecule has 1 N–H and O–H groups in total. The van der Waals surface area contributed by atoms with Crippen LogP contribution in [0.1, 0.15) is 12.8 Å². The molecule has 0 spiro atoms. The second-order valence-corrected chi connectivity index (χ2v) is 7.64. The topological polar surface area (TPSA) is 59.9 Å². The average molecular weight is 418 g/mol. The Hall–Kier alpha value is -3.61. The number of hydrogen-bond acceptors (Lipinski definition) is 5. The molecule has 0 atom stereocenters. The molecular formula is C24H20F2N4O. The molecule has 1 fully saturated rings. The van der Waals surface area contributed by atoms with E-state index >= 15 is 0 Å². The molecular weight excluding hydrogens is 398 g/mol. The molecule has 0 amide bonds. The van der Waals surface area contributed by atoms with E-state index < -0.39 is 11.6 Å². The van der Waals surface area contributed by atoms with Gasteiger partial charge in [0, 0.05) is 42.0 Å². The highest BCUT2D eigenvalue weighted by atomic mass is 19.1. The maximum Gasteiger partial charge on any atom is 0.163 e. The Kier molecular flexibility index (Phi) is 4.94.